The van der Waals surface area contributed by atoms with Gasteiger partial charge >= 0.3 is 0 Å². The van der Waals surface area contributed by atoms with Crippen molar-refractivity contribution in [2.24, 2.45) is 0 Å². The molecule has 0 aromatic carbocycles. The molecule has 0 saturated carbocycles. The number of furan rings is 1. The average Bonchev–Trinajstić information content (AvgIpc) is 3.19. The second-order valence-electron chi connectivity index (χ2n) is 4.99. The van der Waals surface area contributed by atoms with Gasteiger partial charge in [0, 0.05) is 37.6 Å². The normalized spacial score (nSPS) is 17.4. The van der Waals surface area contributed by atoms with Crippen LogP contribution in [0.5, 0.6) is 0 Å². The topological polar surface area (TPSA) is 77.5 Å². The van der Waals surface area contributed by atoms with E-state index < -0.39 is 10.0 Å². The van der Waals surface area contributed by atoms with E-state index in [1.807, 2.05) is 11.4 Å². The number of hydrogen-bond acceptors (Lipinski definition) is 6. The maximum Gasteiger partial charge on any atom is 0.276 e. The van der Waals surface area contributed by atoms with Gasteiger partial charge in [-0.3, -0.25) is 4.90 Å². The van der Waals surface area contributed by atoms with Crippen molar-refractivity contribution in [2.75, 3.05) is 26.2 Å². The summed E-state index contributed by atoms with van der Waals surface area (Å²) >= 11 is 1.71. The zero-order chi connectivity index (χ0) is 15.6. The molecule has 8 heteroatoms. The Hall–Kier alpha value is -1.66. The van der Waals surface area contributed by atoms with E-state index >= 15 is 0 Å². The molecule has 0 spiro atoms. The summed E-state index contributed by atoms with van der Waals surface area (Å²) in [6.07, 6.45) is 0. The fraction of sp³-hybridized carbons (Fsp3) is 0.357. The molecule has 0 amide bonds. The smallest absolute Gasteiger partial charge is 0.276 e. The Kier molecular flexibility index (Phi) is 4.31. The lowest BCUT2D eigenvalue weighted by Crippen LogP contribution is -2.48. The fourth-order valence-corrected chi connectivity index (χ4v) is 4.48. The molecule has 0 unspecified atom stereocenters. The zero-order valence-corrected chi connectivity index (χ0v) is 13.4. The SMILES string of the molecule is N#Cc1ccc(S(=O)(=O)N2CCN(Cc3cccs3)CC2)o1. The Balaban J connectivity index is 1.64. The van der Waals surface area contributed by atoms with Crippen LogP contribution in [0, 0.1) is 11.3 Å². The minimum Gasteiger partial charge on any atom is -0.433 e. The van der Waals surface area contributed by atoms with Crippen LogP contribution in [0.2, 0.25) is 0 Å². The van der Waals surface area contributed by atoms with Gasteiger partial charge in [-0.25, -0.2) is 8.42 Å². The van der Waals surface area contributed by atoms with E-state index in [1.54, 1.807) is 17.4 Å². The van der Waals surface area contributed by atoms with Crippen LogP contribution in [-0.4, -0.2) is 43.8 Å². The fourth-order valence-electron chi connectivity index (χ4n) is 2.40. The second-order valence-corrected chi connectivity index (χ2v) is 7.89. The number of nitriles is 1. The highest BCUT2D eigenvalue weighted by atomic mass is 32.2. The lowest BCUT2D eigenvalue weighted by Gasteiger charge is -2.33. The van der Waals surface area contributed by atoms with Crippen molar-refractivity contribution < 1.29 is 12.8 Å². The monoisotopic (exact) mass is 337 g/mol. The van der Waals surface area contributed by atoms with Crippen molar-refractivity contribution in [3.8, 4) is 6.07 Å². The molecular weight excluding hydrogens is 322 g/mol. The summed E-state index contributed by atoms with van der Waals surface area (Å²) in [6.45, 7) is 3.07. The summed E-state index contributed by atoms with van der Waals surface area (Å²) in [6, 6.07) is 8.61. The van der Waals surface area contributed by atoms with Gasteiger partial charge in [0.1, 0.15) is 6.07 Å². The van der Waals surface area contributed by atoms with Crippen molar-refractivity contribution in [3.63, 3.8) is 0 Å². The largest absolute Gasteiger partial charge is 0.433 e. The van der Waals surface area contributed by atoms with Gasteiger partial charge in [-0.15, -0.1) is 11.3 Å². The number of thiophene rings is 1. The molecule has 6 nitrogen and oxygen atoms in total. The van der Waals surface area contributed by atoms with Gasteiger partial charge in [-0.1, -0.05) is 6.07 Å². The lowest BCUT2D eigenvalue weighted by atomic mass is 10.3. The van der Waals surface area contributed by atoms with E-state index in [-0.39, 0.29) is 10.9 Å². The highest BCUT2D eigenvalue weighted by molar-refractivity contribution is 7.89. The molecule has 2 aromatic heterocycles. The number of rotatable bonds is 4. The first kappa shape index (κ1) is 15.2. The van der Waals surface area contributed by atoms with E-state index in [4.69, 9.17) is 9.68 Å². The highest BCUT2D eigenvalue weighted by Gasteiger charge is 2.31. The molecule has 1 fully saturated rings. The van der Waals surface area contributed by atoms with E-state index in [9.17, 15) is 8.42 Å². The predicted octanol–water partition coefficient (Wildman–Crippen LogP) is 1.72. The first-order valence-electron chi connectivity index (χ1n) is 6.84. The summed E-state index contributed by atoms with van der Waals surface area (Å²) in [5.41, 5.74) is 0. The zero-order valence-electron chi connectivity index (χ0n) is 11.8. The molecule has 0 aliphatic carbocycles. The van der Waals surface area contributed by atoms with Crippen molar-refractivity contribution in [2.45, 2.75) is 11.6 Å². The van der Waals surface area contributed by atoms with Crippen LogP contribution in [-0.2, 0) is 16.6 Å². The summed E-state index contributed by atoms with van der Waals surface area (Å²) < 4.78 is 31.4. The molecule has 0 atom stereocenters. The quantitative estimate of drug-likeness (QED) is 0.849. The average molecular weight is 337 g/mol. The van der Waals surface area contributed by atoms with Crippen LogP contribution in [0.1, 0.15) is 10.6 Å². The molecule has 1 aliphatic rings. The minimum absolute atomic E-state index is 0.00917. The Morgan fingerprint density at radius 2 is 2.00 bits per heavy atom. The molecule has 0 N–H and O–H groups in total. The van der Waals surface area contributed by atoms with Crippen LogP contribution >= 0.6 is 11.3 Å². The van der Waals surface area contributed by atoms with Gasteiger partial charge < -0.3 is 4.42 Å². The molecule has 22 heavy (non-hydrogen) atoms. The van der Waals surface area contributed by atoms with Gasteiger partial charge in [0.2, 0.25) is 10.9 Å². The molecule has 116 valence electrons. The first-order valence-corrected chi connectivity index (χ1v) is 9.16. The van der Waals surface area contributed by atoms with Crippen LogP contribution in [0.25, 0.3) is 0 Å². The molecule has 3 heterocycles. The Bertz CT molecular complexity index is 767. The molecule has 2 aromatic rings. The van der Waals surface area contributed by atoms with Crippen LogP contribution in [0.4, 0.5) is 0 Å². The van der Waals surface area contributed by atoms with Gasteiger partial charge in [-0.2, -0.15) is 9.57 Å². The van der Waals surface area contributed by atoms with Gasteiger partial charge in [0.05, 0.1) is 0 Å². The third-order valence-electron chi connectivity index (χ3n) is 3.58. The van der Waals surface area contributed by atoms with E-state index in [2.05, 4.69) is 11.0 Å². The maximum absolute atomic E-state index is 12.4. The molecule has 1 aliphatic heterocycles. The summed E-state index contributed by atoms with van der Waals surface area (Å²) in [7, 11) is -3.65. The first-order chi connectivity index (χ1) is 10.6. The second kappa shape index (κ2) is 6.22. The highest BCUT2D eigenvalue weighted by Crippen LogP contribution is 2.21. The Labute approximate surface area is 133 Å². The summed E-state index contributed by atoms with van der Waals surface area (Å²) in [5.74, 6) is 0.00917. The predicted molar refractivity (Wildman–Crippen MR) is 81.8 cm³/mol. The summed E-state index contributed by atoms with van der Waals surface area (Å²) in [5, 5.41) is 10.6. The van der Waals surface area contributed by atoms with Gasteiger partial charge in [0.25, 0.3) is 10.0 Å². The summed E-state index contributed by atoms with van der Waals surface area (Å²) in [4.78, 5) is 3.52. The Morgan fingerprint density at radius 1 is 1.23 bits per heavy atom. The third kappa shape index (κ3) is 3.08. The van der Waals surface area contributed by atoms with Crippen molar-refractivity contribution >= 4 is 21.4 Å². The number of nitrogens with zero attached hydrogens (tertiary/aromatic N) is 3. The lowest BCUT2D eigenvalue weighted by molar-refractivity contribution is 0.181. The molecule has 3 rings (SSSR count). The number of sulfonamides is 1. The van der Waals surface area contributed by atoms with Crippen LogP contribution in [0.15, 0.2) is 39.2 Å². The third-order valence-corrected chi connectivity index (χ3v) is 6.21. The standard InChI is InChI=1S/C14H15N3O3S2/c15-10-12-3-4-14(20-12)22(18,19)17-7-5-16(6-8-17)11-13-2-1-9-21-13/h1-4,9H,5-8,11H2. The number of hydrogen-bond donors (Lipinski definition) is 0. The van der Waals surface area contributed by atoms with E-state index in [0.29, 0.717) is 26.2 Å². The molecular formula is C14H15N3O3S2. The van der Waals surface area contributed by atoms with Crippen molar-refractivity contribution in [1.82, 2.24) is 9.21 Å². The number of piperazine rings is 1. The molecule has 1 saturated heterocycles. The van der Waals surface area contributed by atoms with E-state index in [0.717, 1.165) is 6.54 Å². The van der Waals surface area contributed by atoms with Gasteiger partial charge in [-0.05, 0) is 23.6 Å². The molecule has 0 radical (unpaired) electrons. The van der Waals surface area contributed by atoms with E-state index in [1.165, 1.54) is 21.3 Å². The van der Waals surface area contributed by atoms with Crippen molar-refractivity contribution in [3.05, 3.63) is 40.3 Å². The Morgan fingerprint density at radius 3 is 2.59 bits per heavy atom. The van der Waals surface area contributed by atoms with Crippen LogP contribution in [0.3, 0.4) is 0 Å². The minimum atomic E-state index is -3.65. The van der Waals surface area contributed by atoms with Crippen molar-refractivity contribution in [1.29, 1.82) is 5.26 Å². The van der Waals surface area contributed by atoms with Crippen LogP contribution < -0.4 is 0 Å². The maximum atomic E-state index is 12.4. The van der Waals surface area contributed by atoms with Gasteiger partial charge in [0.15, 0.2) is 0 Å². The molecule has 0 bridgehead atoms.